The van der Waals surface area contributed by atoms with Crippen LogP contribution in [0.3, 0.4) is 0 Å². The van der Waals surface area contributed by atoms with Crippen molar-refractivity contribution in [2.24, 2.45) is 0 Å². The van der Waals surface area contributed by atoms with E-state index in [-0.39, 0.29) is 18.4 Å². The first-order valence-electron chi connectivity index (χ1n) is 10.7. The monoisotopic (exact) mass is 434 g/mol. The van der Waals surface area contributed by atoms with Gasteiger partial charge in [-0.25, -0.2) is 9.97 Å². The Kier molecular flexibility index (Phi) is 7.92. The smallest absolute Gasteiger partial charge is 0.251 e. The molecule has 0 saturated carbocycles. The summed E-state index contributed by atoms with van der Waals surface area (Å²) in [6.07, 6.45) is 1.29. The number of carbonyl (C=O) groups is 1. The largest absolute Gasteiger partial charge is 0.392 e. The summed E-state index contributed by atoms with van der Waals surface area (Å²) in [5.74, 6) is 0.529. The van der Waals surface area contributed by atoms with Gasteiger partial charge in [0.25, 0.3) is 5.91 Å². The first-order chi connectivity index (χ1) is 15.4. The first kappa shape index (κ1) is 23.4. The van der Waals surface area contributed by atoms with Crippen LogP contribution in [0.5, 0.6) is 0 Å². The number of aromatic nitrogens is 2. The topological polar surface area (TPSA) is 107 Å². The molecule has 1 heterocycles. The second-order valence-corrected chi connectivity index (χ2v) is 8.15. The molecule has 0 bridgehead atoms. The maximum Gasteiger partial charge on any atom is 0.251 e. The molecule has 7 heteroatoms. The number of benzene rings is 2. The molecule has 0 saturated heterocycles. The molecule has 0 aliphatic rings. The van der Waals surface area contributed by atoms with Crippen molar-refractivity contribution in [1.29, 1.82) is 0 Å². The number of aliphatic hydroxyl groups excluding tert-OH is 2. The number of hydrogen-bond acceptors (Lipinski definition) is 6. The number of rotatable bonds is 9. The van der Waals surface area contributed by atoms with Crippen LogP contribution in [0, 0.1) is 0 Å². The van der Waals surface area contributed by atoms with Gasteiger partial charge in [0.05, 0.1) is 18.8 Å². The average Bonchev–Trinajstić information content (AvgIpc) is 2.79. The fraction of sp³-hybridized carbons (Fsp3) is 0.320. The number of carbonyl (C=O) groups excluding carboxylic acids is 1. The minimum Gasteiger partial charge on any atom is -0.392 e. The Morgan fingerprint density at radius 1 is 1.03 bits per heavy atom. The van der Waals surface area contributed by atoms with E-state index in [4.69, 9.17) is 0 Å². The van der Waals surface area contributed by atoms with E-state index in [1.807, 2.05) is 50.2 Å². The molecule has 0 aliphatic heterocycles. The van der Waals surface area contributed by atoms with Gasteiger partial charge in [0.15, 0.2) is 0 Å². The molecule has 1 amide bonds. The van der Waals surface area contributed by atoms with Crippen LogP contribution in [0.2, 0.25) is 0 Å². The van der Waals surface area contributed by atoms with E-state index >= 15 is 0 Å². The van der Waals surface area contributed by atoms with Gasteiger partial charge in [-0.2, -0.15) is 0 Å². The van der Waals surface area contributed by atoms with Crippen LogP contribution in [-0.2, 0) is 13.0 Å². The maximum absolute atomic E-state index is 13.0. The second-order valence-electron chi connectivity index (χ2n) is 8.15. The molecule has 0 fully saturated rings. The Hall–Kier alpha value is -3.29. The normalized spacial score (nSPS) is 12.9. The highest BCUT2D eigenvalue weighted by atomic mass is 16.3. The molecule has 3 aromatic rings. The third kappa shape index (κ3) is 6.12. The lowest BCUT2D eigenvalue weighted by atomic mass is 10.0. The standard InChI is InChI=1S/C25H30N4O3/c1-16(2)21-13-24(27-15-26-21)28-23-12-19(9-10-20(23)14-30)25(32)29-22(17(3)31)11-18-7-5-4-6-8-18/h4-10,12-13,15-17,22,30-31H,11,14H2,1-3H3,(H,29,32)(H,26,27,28)/t17-,22+/m1/s1. The van der Waals surface area contributed by atoms with E-state index in [1.54, 1.807) is 25.1 Å². The van der Waals surface area contributed by atoms with E-state index < -0.39 is 12.1 Å². The zero-order valence-electron chi connectivity index (χ0n) is 18.6. The van der Waals surface area contributed by atoms with E-state index in [2.05, 4.69) is 20.6 Å². The van der Waals surface area contributed by atoms with Gasteiger partial charge in [0.1, 0.15) is 12.1 Å². The summed E-state index contributed by atoms with van der Waals surface area (Å²) < 4.78 is 0. The van der Waals surface area contributed by atoms with Crippen molar-refractivity contribution in [2.75, 3.05) is 5.32 Å². The van der Waals surface area contributed by atoms with Crippen LogP contribution in [0.1, 0.15) is 53.9 Å². The molecular weight excluding hydrogens is 404 g/mol. The maximum atomic E-state index is 13.0. The molecule has 2 atom stereocenters. The Morgan fingerprint density at radius 2 is 1.78 bits per heavy atom. The zero-order chi connectivity index (χ0) is 23.1. The Balaban J connectivity index is 1.80. The van der Waals surface area contributed by atoms with Crippen LogP contribution < -0.4 is 10.6 Å². The highest BCUT2D eigenvalue weighted by Gasteiger charge is 2.20. The number of amides is 1. The fourth-order valence-electron chi connectivity index (χ4n) is 3.33. The highest BCUT2D eigenvalue weighted by Crippen LogP contribution is 2.23. The van der Waals surface area contributed by atoms with E-state index in [0.717, 1.165) is 11.3 Å². The quantitative estimate of drug-likeness (QED) is 0.410. The summed E-state index contributed by atoms with van der Waals surface area (Å²) in [6.45, 7) is 5.57. The zero-order valence-corrected chi connectivity index (χ0v) is 18.6. The molecular formula is C25H30N4O3. The van der Waals surface area contributed by atoms with Gasteiger partial charge in [0.2, 0.25) is 0 Å². The Morgan fingerprint density at radius 3 is 2.44 bits per heavy atom. The molecule has 2 aromatic carbocycles. The number of anilines is 2. The van der Waals surface area contributed by atoms with Crippen LogP contribution in [0.4, 0.5) is 11.5 Å². The molecule has 168 valence electrons. The van der Waals surface area contributed by atoms with Crippen molar-refractivity contribution >= 4 is 17.4 Å². The Labute approximate surface area is 188 Å². The number of hydrogen-bond donors (Lipinski definition) is 4. The van der Waals surface area contributed by atoms with Gasteiger partial charge in [0, 0.05) is 28.6 Å². The predicted octanol–water partition coefficient (Wildman–Crippen LogP) is 3.56. The van der Waals surface area contributed by atoms with Gasteiger partial charge < -0.3 is 20.8 Å². The first-order valence-corrected chi connectivity index (χ1v) is 10.7. The molecule has 0 aliphatic carbocycles. The molecule has 0 radical (unpaired) electrons. The number of nitrogens with zero attached hydrogens (tertiary/aromatic N) is 2. The second kappa shape index (κ2) is 10.8. The van der Waals surface area contributed by atoms with E-state index in [0.29, 0.717) is 29.1 Å². The van der Waals surface area contributed by atoms with Crippen molar-refractivity contribution in [3.63, 3.8) is 0 Å². The van der Waals surface area contributed by atoms with Crippen molar-refractivity contribution in [3.05, 3.63) is 83.3 Å². The Bertz CT molecular complexity index is 1040. The van der Waals surface area contributed by atoms with Gasteiger partial charge in [-0.3, -0.25) is 4.79 Å². The highest BCUT2D eigenvalue weighted by molar-refractivity contribution is 5.95. The lowest BCUT2D eigenvalue weighted by molar-refractivity contribution is 0.0859. The van der Waals surface area contributed by atoms with Crippen LogP contribution in [0.15, 0.2) is 60.9 Å². The van der Waals surface area contributed by atoms with Gasteiger partial charge in [-0.05, 0) is 37.0 Å². The minimum atomic E-state index is -0.719. The van der Waals surface area contributed by atoms with E-state index in [1.165, 1.54) is 6.33 Å². The third-order valence-corrected chi connectivity index (χ3v) is 5.28. The summed E-state index contributed by atoms with van der Waals surface area (Å²) in [5.41, 5.74) is 3.57. The van der Waals surface area contributed by atoms with E-state index in [9.17, 15) is 15.0 Å². The third-order valence-electron chi connectivity index (χ3n) is 5.28. The molecule has 0 unspecified atom stereocenters. The SMILES string of the molecule is CC(C)c1cc(Nc2cc(C(=O)N[C@@H](Cc3ccccc3)[C@@H](C)O)ccc2CO)ncn1. The van der Waals surface area contributed by atoms with Crippen molar-refractivity contribution < 1.29 is 15.0 Å². The minimum absolute atomic E-state index is 0.184. The fourth-order valence-corrected chi connectivity index (χ4v) is 3.33. The molecule has 0 spiro atoms. The van der Waals surface area contributed by atoms with Crippen molar-refractivity contribution in [3.8, 4) is 0 Å². The number of aliphatic hydroxyl groups is 2. The lowest BCUT2D eigenvalue weighted by Crippen LogP contribution is -2.43. The predicted molar refractivity (Wildman–Crippen MR) is 125 cm³/mol. The molecule has 3 rings (SSSR count). The summed E-state index contributed by atoms with van der Waals surface area (Å²) >= 11 is 0. The summed E-state index contributed by atoms with van der Waals surface area (Å²) in [6, 6.07) is 16.2. The molecule has 4 N–H and O–H groups in total. The van der Waals surface area contributed by atoms with Crippen LogP contribution >= 0.6 is 0 Å². The van der Waals surface area contributed by atoms with Crippen molar-refractivity contribution in [1.82, 2.24) is 15.3 Å². The van der Waals surface area contributed by atoms with Crippen LogP contribution in [-0.4, -0.2) is 38.2 Å². The van der Waals surface area contributed by atoms with Gasteiger partial charge in [-0.1, -0.05) is 50.2 Å². The molecule has 7 nitrogen and oxygen atoms in total. The molecule has 32 heavy (non-hydrogen) atoms. The van der Waals surface area contributed by atoms with Crippen molar-refractivity contribution in [2.45, 2.75) is 51.9 Å². The average molecular weight is 435 g/mol. The van der Waals surface area contributed by atoms with Gasteiger partial charge >= 0.3 is 0 Å². The number of nitrogens with one attached hydrogen (secondary N) is 2. The lowest BCUT2D eigenvalue weighted by Gasteiger charge is -2.22. The molecule has 1 aromatic heterocycles. The summed E-state index contributed by atoms with van der Waals surface area (Å²) in [7, 11) is 0. The van der Waals surface area contributed by atoms with Crippen LogP contribution in [0.25, 0.3) is 0 Å². The van der Waals surface area contributed by atoms with Gasteiger partial charge in [-0.15, -0.1) is 0 Å². The summed E-state index contributed by atoms with van der Waals surface area (Å²) in [4.78, 5) is 21.5. The summed E-state index contributed by atoms with van der Waals surface area (Å²) in [5, 5.41) is 26.1.